The number of benzene rings is 2. The molecule has 34 heavy (non-hydrogen) atoms. The molecule has 1 unspecified atom stereocenters. The van der Waals surface area contributed by atoms with Crippen LogP contribution >= 0.6 is 11.6 Å². The molecule has 2 heterocycles. The van der Waals surface area contributed by atoms with Gasteiger partial charge in [-0.25, -0.2) is 0 Å². The van der Waals surface area contributed by atoms with Crippen LogP contribution in [0.15, 0.2) is 36.4 Å². The summed E-state index contributed by atoms with van der Waals surface area (Å²) >= 11 is 6.09. The number of nitrogens with one attached hydrogen (secondary N) is 2. The maximum absolute atomic E-state index is 12.9. The maximum Gasteiger partial charge on any atom is 0.255 e. The van der Waals surface area contributed by atoms with Crippen molar-refractivity contribution in [3.63, 3.8) is 0 Å². The molecule has 2 aliphatic rings. The Labute approximate surface area is 202 Å². The zero-order chi connectivity index (χ0) is 24.2. The zero-order valence-electron chi connectivity index (χ0n) is 18.9. The minimum Gasteiger partial charge on any atom is -0.493 e. The standard InChI is InChI=1S/C25H26ClN3O5/c1-15-8-9-16(13-19(15)26)27-22(30)7-2-3-12-34-21-6-4-5-17-18(21)14-29(25(17)33)20-10-11-23(31)28-24(20)32/h4-6,8-9,13,20H,2-3,7,10-12,14H2,1H3,(H,27,30)(H,28,31,32). The smallest absolute Gasteiger partial charge is 0.255 e. The summed E-state index contributed by atoms with van der Waals surface area (Å²) in [6, 6.07) is 10.0. The van der Waals surface area contributed by atoms with E-state index >= 15 is 0 Å². The third-order valence-corrected chi connectivity index (χ3v) is 6.46. The van der Waals surface area contributed by atoms with Crippen LogP contribution in [0.3, 0.4) is 0 Å². The summed E-state index contributed by atoms with van der Waals surface area (Å²) in [5.41, 5.74) is 2.87. The van der Waals surface area contributed by atoms with Crippen molar-refractivity contribution in [2.75, 3.05) is 11.9 Å². The Kier molecular flexibility index (Phi) is 7.17. The molecule has 0 bridgehead atoms. The van der Waals surface area contributed by atoms with Crippen LogP contribution < -0.4 is 15.4 Å². The first-order chi connectivity index (χ1) is 16.3. The van der Waals surface area contributed by atoms with E-state index < -0.39 is 11.9 Å². The second-order valence-electron chi connectivity index (χ2n) is 8.50. The van der Waals surface area contributed by atoms with Crippen molar-refractivity contribution in [1.29, 1.82) is 0 Å². The van der Waals surface area contributed by atoms with E-state index in [1.54, 1.807) is 24.3 Å². The Morgan fingerprint density at radius 1 is 1.21 bits per heavy atom. The molecule has 0 aliphatic carbocycles. The van der Waals surface area contributed by atoms with Crippen molar-refractivity contribution >= 4 is 40.9 Å². The molecule has 4 rings (SSSR count). The molecule has 2 N–H and O–H groups in total. The van der Waals surface area contributed by atoms with Crippen LogP contribution in [0.25, 0.3) is 0 Å². The van der Waals surface area contributed by atoms with Gasteiger partial charge in [0.25, 0.3) is 5.91 Å². The number of piperidine rings is 1. The Hall–Kier alpha value is -3.39. The van der Waals surface area contributed by atoms with Crippen molar-refractivity contribution in [3.05, 3.63) is 58.1 Å². The number of carbonyl (C=O) groups excluding carboxylic acids is 4. The van der Waals surface area contributed by atoms with E-state index in [-0.39, 0.29) is 30.7 Å². The quantitative estimate of drug-likeness (QED) is 0.441. The molecule has 1 saturated heterocycles. The first kappa shape index (κ1) is 23.8. The van der Waals surface area contributed by atoms with Crippen molar-refractivity contribution in [2.24, 2.45) is 0 Å². The molecule has 0 aromatic heterocycles. The number of halogens is 1. The summed E-state index contributed by atoms with van der Waals surface area (Å²) in [6.07, 6.45) is 2.18. The lowest BCUT2D eigenvalue weighted by Gasteiger charge is -2.29. The van der Waals surface area contributed by atoms with E-state index in [4.69, 9.17) is 16.3 Å². The van der Waals surface area contributed by atoms with Crippen molar-refractivity contribution in [1.82, 2.24) is 10.2 Å². The summed E-state index contributed by atoms with van der Waals surface area (Å²) in [6.45, 7) is 2.56. The minimum atomic E-state index is -0.660. The largest absolute Gasteiger partial charge is 0.493 e. The second kappa shape index (κ2) is 10.3. The van der Waals surface area contributed by atoms with Gasteiger partial charge < -0.3 is 15.0 Å². The van der Waals surface area contributed by atoms with E-state index in [0.717, 1.165) is 11.1 Å². The molecular weight excluding hydrogens is 458 g/mol. The summed E-state index contributed by atoms with van der Waals surface area (Å²) in [5, 5.41) is 5.75. The minimum absolute atomic E-state index is 0.0917. The van der Waals surface area contributed by atoms with Gasteiger partial charge in [-0.3, -0.25) is 24.5 Å². The third-order valence-electron chi connectivity index (χ3n) is 6.05. The molecule has 2 aromatic rings. The third kappa shape index (κ3) is 5.22. The van der Waals surface area contributed by atoms with Gasteiger partial charge in [0, 0.05) is 34.7 Å². The lowest BCUT2D eigenvalue weighted by molar-refractivity contribution is -0.137. The molecule has 2 aromatic carbocycles. The SMILES string of the molecule is Cc1ccc(NC(=O)CCCCOc2cccc3c2CN(C2CCC(=O)NC2=O)C3=O)cc1Cl. The van der Waals surface area contributed by atoms with E-state index in [9.17, 15) is 19.2 Å². The lowest BCUT2D eigenvalue weighted by Crippen LogP contribution is -2.52. The van der Waals surface area contributed by atoms with Crippen LogP contribution in [-0.4, -0.2) is 41.2 Å². The predicted octanol–water partition coefficient (Wildman–Crippen LogP) is 3.60. The summed E-state index contributed by atoms with van der Waals surface area (Å²) in [4.78, 5) is 50.2. The number of fused-ring (bicyclic) bond motifs is 1. The van der Waals surface area contributed by atoms with E-state index in [1.807, 2.05) is 19.1 Å². The van der Waals surface area contributed by atoms with Crippen molar-refractivity contribution in [3.8, 4) is 5.75 Å². The van der Waals surface area contributed by atoms with Crippen LogP contribution in [0.1, 0.15) is 53.6 Å². The van der Waals surface area contributed by atoms with Gasteiger partial charge in [-0.05, 0) is 56.0 Å². The Morgan fingerprint density at radius 3 is 2.79 bits per heavy atom. The van der Waals surface area contributed by atoms with Gasteiger partial charge in [-0.2, -0.15) is 0 Å². The molecule has 4 amide bonds. The number of carbonyl (C=O) groups is 4. The number of rotatable bonds is 8. The molecule has 1 fully saturated rings. The van der Waals surface area contributed by atoms with Gasteiger partial charge in [-0.15, -0.1) is 0 Å². The van der Waals surface area contributed by atoms with Crippen LogP contribution in [-0.2, 0) is 20.9 Å². The van der Waals surface area contributed by atoms with Crippen LogP contribution in [0.4, 0.5) is 5.69 Å². The molecule has 0 radical (unpaired) electrons. The summed E-state index contributed by atoms with van der Waals surface area (Å²) in [5.74, 6) is -0.481. The molecule has 8 nitrogen and oxygen atoms in total. The molecule has 2 aliphatic heterocycles. The summed E-state index contributed by atoms with van der Waals surface area (Å²) in [7, 11) is 0. The Bertz CT molecular complexity index is 1150. The van der Waals surface area contributed by atoms with E-state index in [2.05, 4.69) is 10.6 Å². The van der Waals surface area contributed by atoms with Gasteiger partial charge >= 0.3 is 0 Å². The number of hydrogen-bond donors (Lipinski definition) is 2. The second-order valence-corrected chi connectivity index (χ2v) is 8.91. The number of nitrogens with zero attached hydrogens (tertiary/aromatic N) is 1. The first-order valence-corrected chi connectivity index (χ1v) is 11.7. The monoisotopic (exact) mass is 483 g/mol. The lowest BCUT2D eigenvalue weighted by atomic mass is 10.0. The average molecular weight is 484 g/mol. The van der Waals surface area contributed by atoms with Crippen molar-refractivity contribution < 1.29 is 23.9 Å². The summed E-state index contributed by atoms with van der Waals surface area (Å²) < 4.78 is 5.92. The number of aryl methyl sites for hydroxylation is 1. The highest BCUT2D eigenvalue weighted by atomic mass is 35.5. The fraction of sp³-hybridized carbons (Fsp3) is 0.360. The fourth-order valence-electron chi connectivity index (χ4n) is 4.16. The van der Waals surface area contributed by atoms with Gasteiger partial charge in [0.1, 0.15) is 11.8 Å². The molecule has 0 spiro atoms. The topological polar surface area (TPSA) is 105 Å². The number of amides is 4. The normalized spacial score (nSPS) is 17.4. The number of imide groups is 1. The number of anilines is 1. The Morgan fingerprint density at radius 2 is 2.03 bits per heavy atom. The highest BCUT2D eigenvalue weighted by Crippen LogP contribution is 2.33. The molecule has 1 atom stereocenters. The van der Waals surface area contributed by atoms with Crippen LogP contribution in [0, 0.1) is 6.92 Å². The molecule has 178 valence electrons. The predicted molar refractivity (Wildman–Crippen MR) is 127 cm³/mol. The van der Waals surface area contributed by atoms with Crippen molar-refractivity contribution in [2.45, 2.75) is 51.6 Å². The van der Waals surface area contributed by atoms with Gasteiger partial charge in [-0.1, -0.05) is 23.7 Å². The number of ether oxygens (including phenoxy) is 1. The molecular formula is C25H26ClN3O5. The van der Waals surface area contributed by atoms with E-state index in [1.165, 1.54) is 4.90 Å². The fourth-order valence-corrected chi connectivity index (χ4v) is 4.34. The zero-order valence-corrected chi connectivity index (χ0v) is 19.6. The molecule has 0 saturated carbocycles. The Balaban J connectivity index is 1.26. The van der Waals surface area contributed by atoms with Gasteiger partial charge in [0.15, 0.2) is 0 Å². The molecule has 9 heteroatoms. The maximum atomic E-state index is 12.9. The van der Waals surface area contributed by atoms with Crippen LogP contribution in [0.2, 0.25) is 5.02 Å². The van der Waals surface area contributed by atoms with E-state index in [0.29, 0.717) is 54.3 Å². The number of unbranched alkanes of at least 4 members (excludes halogenated alkanes) is 1. The first-order valence-electron chi connectivity index (χ1n) is 11.3. The average Bonchev–Trinajstić information content (AvgIpc) is 3.13. The highest BCUT2D eigenvalue weighted by Gasteiger charge is 2.40. The van der Waals surface area contributed by atoms with Crippen LogP contribution in [0.5, 0.6) is 5.75 Å². The highest BCUT2D eigenvalue weighted by molar-refractivity contribution is 6.31. The number of hydrogen-bond acceptors (Lipinski definition) is 5. The van der Waals surface area contributed by atoms with Gasteiger partial charge in [0.2, 0.25) is 17.7 Å². The van der Waals surface area contributed by atoms with Gasteiger partial charge in [0.05, 0.1) is 13.2 Å².